The summed E-state index contributed by atoms with van der Waals surface area (Å²) in [5.74, 6) is 1.02. The minimum Gasteiger partial charge on any atom is -0.389 e. The van der Waals surface area contributed by atoms with Gasteiger partial charge in [0.25, 0.3) is 0 Å². The number of aliphatic hydroxyl groups is 1. The van der Waals surface area contributed by atoms with Crippen molar-refractivity contribution in [2.24, 2.45) is 28.6 Å². The highest BCUT2D eigenvalue weighted by Gasteiger charge is 2.67. The van der Waals surface area contributed by atoms with E-state index in [0.29, 0.717) is 23.9 Å². The van der Waals surface area contributed by atoms with Crippen LogP contribution in [0.15, 0.2) is 11.6 Å². The molecule has 4 fully saturated rings. The van der Waals surface area contributed by atoms with Crippen molar-refractivity contribution in [3.8, 4) is 0 Å². The number of fused-ring (bicyclic) bond motifs is 6. The molecule has 5 rings (SSSR count). The Morgan fingerprint density at radius 3 is 2.50 bits per heavy atom. The smallest absolute Gasteiger partial charge is 0.174 e. The number of methoxy groups -OCH3 is 1. The molecule has 4 aliphatic carbocycles. The van der Waals surface area contributed by atoms with Crippen LogP contribution in [0.3, 0.4) is 0 Å². The maximum Gasteiger partial charge on any atom is 0.174 e. The van der Waals surface area contributed by atoms with E-state index in [4.69, 9.17) is 14.2 Å². The van der Waals surface area contributed by atoms with Gasteiger partial charge in [0.2, 0.25) is 0 Å². The van der Waals surface area contributed by atoms with Crippen LogP contribution in [0, 0.1) is 28.6 Å². The molecule has 26 heavy (non-hydrogen) atoms. The van der Waals surface area contributed by atoms with E-state index < -0.39 is 0 Å². The molecule has 0 aromatic heterocycles. The summed E-state index contributed by atoms with van der Waals surface area (Å²) < 4.78 is 18.1. The number of ether oxygens (including phenoxy) is 3. The molecule has 7 unspecified atom stereocenters. The highest BCUT2D eigenvalue weighted by Crippen LogP contribution is 2.68. The fourth-order valence-corrected chi connectivity index (χ4v) is 7.70. The first kappa shape index (κ1) is 17.7. The fraction of sp³-hybridized carbons (Fsp3) is 0.909. The van der Waals surface area contributed by atoms with E-state index >= 15 is 0 Å². The average Bonchev–Trinajstić information content (AvgIpc) is 3.22. The standard InChI is InChI=1S/C22H34O4/c1-20-7-4-15(24-3)12-14(20)13-18(23)19-16(20)5-8-21(2)17(19)6-9-22(21)25-10-11-26-22/h13,15-19,23H,4-12H2,1-3H3. The first-order valence-corrected chi connectivity index (χ1v) is 10.6. The molecule has 1 saturated heterocycles. The molecular formula is C22H34O4. The van der Waals surface area contributed by atoms with Gasteiger partial charge in [-0.15, -0.1) is 0 Å². The Bertz CT molecular complexity index is 609. The average molecular weight is 363 g/mol. The van der Waals surface area contributed by atoms with Crippen LogP contribution in [-0.4, -0.2) is 43.4 Å². The molecule has 4 heteroatoms. The predicted octanol–water partition coefficient (Wildman–Crippen LogP) is 3.68. The molecule has 0 aromatic carbocycles. The van der Waals surface area contributed by atoms with Gasteiger partial charge in [-0.1, -0.05) is 25.5 Å². The summed E-state index contributed by atoms with van der Waals surface area (Å²) in [5, 5.41) is 11.2. The predicted molar refractivity (Wildman–Crippen MR) is 98.5 cm³/mol. The number of hydrogen-bond acceptors (Lipinski definition) is 4. The Hall–Kier alpha value is -0.420. The molecule has 0 radical (unpaired) electrons. The van der Waals surface area contributed by atoms with Crippen molar-refractivity contribution in [1.29, 1.82) is 0 Å². The second kappa shape index (κ2) is 5.79. The van der Waals surface area contributed by atoms with Crippen LogP contribution in [-0.2, 0) is 14.2 Å². The maximum absolute atomic E-state index is 11.2. The largest absolute Gasteiger partial charge is 0.389 e. The molecular weight excluding hydrogens is 328 g/mol. The van der Waals surface area contributed by atoms with Gasteiger partial charge >= 0.3 is 0 Å². The van der Waals surface area contributed by atoms with Crippen molar-refractivity contribution in [1.82, 2.24) is 0 Å². The van der Waals surface area contributed by atoms with Gasteiger partial charge in [-0.2, -0.15) is 0 Å². The summed E-state index contributed by atoms with van der Waals surface area (Å²) in [4.78, 5) is 0. The van der Waals surface area contributed by atoms with E-state index in [2.05, 4.69) is 19.9 Å². The summed E-state index contributed by atoms with van der Waals surface area (Å²) in [7, 11) is 1.82. The number of rotatable bonds is 1. The lowest BCUT2D eigenvalue weighted by Crippen LogP contribution is -2.58. The lowest BCUT2D eigenvalue weighted by molar-refractivity contribution is -0.246. The van der Waals surface area contributed by atoms with Crippen LogP contribution in [0.5, 0.6) is 0 Å². The van der Waals surface area contributed by atoms with E-state index in [9.17, 15) is 5.11 Å². The summed E-state index contributed by atoms with van der Waals surface area (Å²) in [6.07, 6.45) is 9.95. The Morgan fingerprint density at radius 1 is 1.04 bits per heavy atom. The third kappa shape index (κ3) is 2.10. The van der Waals surface area contributed by atoms with E-state index in [-0.39, 0.29) is 22.7 Å². The first-order valence-electron chi connectivity index (χ1n) is 10.6. The molecule has 0 amide bonds. The van der Waals surface area contributed by atoms with Gasteiger partial charge in [0.05, 0.1) is 25.4 Å². The molecule has 1 heterocycles. The SMILES string of the molecule is COC1CCC2(C)C(=CC(O)C3C2CCC2(C)C3CCC23OCCO3)C1. The molecule has 1 N–H and O–H groups in total. The second-order valence-electron chi connectivity index (χ2n) is 9.94. The van der Waals surface area contributed by atoms with E-state index in [1.54, 1.807) is 0 Å². The third-order valence-corrected chi connectivity index (χ3v) is 9.22. The van der Waals surface area contributed by atoms with E-state index in [1.807, 2.05) is 7.11 Å². The van der Waals surface area contributed by atoms with Crippen molar-refractivity contribution in [3.63, 3.8) is 0 Å². The molecule has 1 aliphatic heterocycles. The topological polar surface area (TPSA) is 47.9 Å². The zero-order valence-electron chi connectivity index (χ0n) is 16.5. The summed E-state index contributed by atoms with van der Waals surface area (Å²) >= 11 is 0. The third-order valence-electron chi connectivity index (χ3n) is 9.22. The molecule has 0 bridgehead atoms. The van der Waals surface area contributed by atoms with Crippen molar-refractivity contribution < 1.29 is 19.3 Å². The maximum atomic E-state index is 11.2. The second-order valence-corrected chi connectivity index (χ2v) is 9.94. The van der Waals surface area contributed by atoms with Crippen LogP contribution in [0.2, 0.25) is 0 Å². The number of hydrogen-bond donors (Lipinski definition) is 1. The van der Waals surface area contributed by atoms with Gasteiger partial charge in [-0.25, -0.2) is 0 Å². The zero-order chi connectivity index (χ0) is 18.2. The van der Waals surface area contributed by atoms with Crippen molar-refractivity contribution in [2.45, 2.75) is 76.8 Å². The van der Waals surface area contributed by atoms with Gasteiger partial charge in [0, 0.05) is 18.9 Å². The normalized spacial score (nSPS) is 52.3. The first-order chi connectivity index (χ1) is 12.4. The molecule has 146 valence electrons. The van der Waals surface area contributed by atoms with Gasteiger partial charge in [0.1, 0.15) is 0 Å². The van der Waals surface area contributed by atoms with Gasteiger partial charge in [-0.05, 0) is 61.7 Å². The van der Waals surface area contributed by atoms with Crippen LogP contribution in [0.1, 0.15) is 58.8 Å². The summed E-state index contributed by atoms with van der Waals surface area (Å²) in [5.41, 5.74) is 1.72. The summed E-state index contributed by atoms with van der Waals surface area (Å²) in [6, 6.07) is 0. The Balaban J connectivity index is 1.50. The van der Waals surface area contributed by atoms with Gasteiger partial charge in [-0.3, -0.25) is 0 Å². The van der Waals surface area contributed by atoms with Crippen LogP contribution >= 0.6 is 0 Å². The Morgan fingerprint density at radius 2 is 1.77 bits per heavy atom. The highest BCUT2D eigenvalue weighted by molar-refractivity contribution is 5.28. The quantitative estimate of drug-likeness (QED) is 0.723. The summed E-state index contributed by atoms with van der Waals surface area (Å²) in [6.45, 7) is 6.28. The monoisotopic (exact) mass is 362 g/mol. The number of aliphatic hydroxyl groups excluding tert-OH is 1. The Labute approximate surface area is 157 Å². The molecule has 5 aliphatic rings. The lowest BCUT2D eigenvalue weighted by atomic mass is 9.47. The van der Waals surface area contributed by atoms with E-state index in [0.717, 1.165) is 45.3 Å². The minimum absolute atomic E-state index is 0.0388. The molecule has 3 saturated carbocycles. The fourth-order valence-electron chi connectivity index (χ4n) is 7.70. The molecule has 0 aromatic rings. The van der Waals surface area contributed by atoms with E-state index in [1.165, 1.54) is 18.4 Å². The minimum atomic E-state index is -0.388. The van der Waals surface area contributed by atoms with Crippen molar-refractivity contribution in [2.75, 3.05) is 20.3 Å². The molecule has 4 nitrogen and oxygen atoms in total. The van der Waals surface area contributed by atoms with Gasteiger partial charge < -0.3 is 19.3 Å². The van der Waals surface area contributed by atoms with Crippen LogP contribution in [0.25, 0.3) is 0 Å². The van der Waals surface area contributed by atoms with Crippen molar-refractivity contribution >= 4 is 0 Å². The van der Waals surface area contributed by atoms with Crippen molar-refractivity contribution in [3.05, 3.63) is 11.6 Å². The lowest BCUT2D eigenvalue weighted by Gasteiger charge is -2.59. The van der Waals surface area contributed by atoms with Crippen LogP contribution in [0.4, 0.5) is 0 Å². The zero-order valence-corrected chi connectivity index (χ0v) is 16.5. The molecule has 7 atom stereocenters. The van der Waals surface area contributed by atoms with Gasteiger partial charge in [0.15, 0.2) is 5.79 Å². The highest BCUT2D eigenvalue weighted by atomic mass is 16.7. The Kier molecular flexibility index (Phi) is 3.93. The van der Waals surface area contributed by atoms with Crippen LogP contribution < -0.4 is 0 Å². The molecule has 1 spiro atoms.